The molecule has 9 aromatic carbocycles. The topological polar surface area (TPSA) is 16.4 Å². The van der Waals surface area contributed by atoms with Crippen LogP contribution in [0.4, 0.5) is 17.1 Å². The molecule has 0 saturated heterocycles. The number of benzene rings is 9. The maximum Gasteiger partial charge on any atom is 0.140 e. The zero-order valence-electron chi connectivity index (χ0n) is 32.1. The van der Waals surface area contributed by atoms with Crippen LogP contribution in [0.3, 0.4) is 0 Å². The molecule has 1 aliphatic rings. The molecular formula is C56H39NO. The smallest absolute Gasteiger partial charge is 0.140 e. The molecule has 1 aromatic heterocycles. The Morgan fingerprint density at radius 1 is 0.362 bits per heavy atom. The van der Waals surface area contributed by atoms with E-state index in [4.69, 9.17) is 4.42 Å². The van der Waals surface area contributed by atoms with E-state index >= 15 is 0 Å². The van der Waals surface area contributed by atoms with E-state index in [1.165, 1.54) is 50.1 Å². The molecule has 0 fully saturated rings. The van der Waals surface area contributed by atoms with E-state index < -0.39 is 5.41 Å². The van der Waals surface area contributed by atoms with E-state index in [1.54, 1.807) is 0 Å². The van der Waals surface area contributed by atoms with Crippen molar-refractivity contribution in [1.82, 2.24) is 0 Å². The Labute approximate surface area is 338 Å². The highest BCUT2D eigenvalue weighted by molar-refractivity contribution is 6.09. The standard InChI is InChI=1S/C56H39NO/c1-56(51-24-11-8-21-47(51)48-22-9-12-25-52(48)56)54-46(35-36-50-49-23-10-13-26-53(49)58-55(50)54)41-29-33-44(34-30-41)57(43-31-27-40(28-32-43)38-15-4-2-5-16-38)45-20-14-19-42(37-45)39-17-6-3-7-18-39/h2-37H,1H3. The summed E-state index contributed by atoms with van der Waals surface area (Å²) in [7, 11) is 0. The average Bonchev–Trinajstić information content (AvgIpc) is 3.80. The molecule has 0 saturated carbocycles. The third kappa shape index (κ3) is 5.41. The molecule has 1 heterocycles. The van der Waals surface area contributed by atoms with Gasteiger partial charge in [0.05, 0.1) is 0 Å². The first-order valence-corrected chi connectivity index (χ1v) is 20.0. The zero-order valence-corrected chi connectivity index (χ0v) is 32.1. The summed E-state index contributed by atoms with van der Waals surface area (Å²) in [5, 5.41) is 2.27. The summed E-state index contributed by atoms with van der Waals surface area (Å²) in [5.74, 6) is 0. The lowest BCUT2D eigenvalue weighted by Crippen LogP contribution is -2.23. The van der Waals surface area contributed by atoms with Crippen molar-refractivity contribution >= 4 is 39.0 Å². The molecule has 0 amide bonds. The summed E-state index contributed by atoms with van der Waals surface area (Å²) < 4.78 is 6.91. The molecular weight excluding hydrogens is 703 g/mol. The first-order chi connectivity index (χ1) is 28.6. The fourth-order valence-corrected chi connectivity index (χ4v) is 9.37. The van der Waals surface area contributed by atoms with Crippen molar-refractivity contribution < 1.29 is 4.42 Å². The van der Waals surface area contributed by atoms with Crippen LogP contribution in [0.2, 0.25) is 0 Å². The van der Waals surface area contributed by atoms with Gasteiger partial charge in [0.1, 0.15) is 11.2 Å². The minimum absolute atomic E-state index is 0.459. The quantitative estimate of drug-likeness (QED) is 0.162. The molecule has 274 valence electrons. The van der Waals surface area contributed by atoms with Crippen LogP contribution in [0.1, 0.15) is 23.6 Å². The number of hydrogen-bond donors (Lipinski definition) is 0. The number of rotatable bonds is 7. The summed E-state index contributed by atoms with van der Waals surface area (Å²) >= 11 is 0. The number of para-hydroxylation sites is 1. The number of hydrogen-bond acceptors (Lipinski definition) is 2. The monoisotopic (exact) mass is 741 g/mol. The molecule has 0 radical (unpaired) electrons. The number of anilines is 3. The van der Waals surface area contributed by atoms with Gasteiger partial charge in [-0.25, -0.2) is 0 Å². The highest BCUT2D eigenvalue weighted by atomic mass is 16.3. The molecule has 0 aliphatic heterocycles. The number of fused-ring (bicyclic) bond motifs is 6. The fraction of sp³-hybridized carbons (Fsp3) is 0.0357. The predicted octanol–water partition coefficient (Wildman–Crippen LogP) is 15.4. The molecule has 0 atom stereocenters. The molecule has 10 aromatic rings. The van der Waals surface area contributed by atoms with E-state index in [0.717, 1.165) is 50.1 Å². The van der Waals surface area contributed by atoms with Crippen molar-refractivity contribution in [2.24, 2.45) is 0 Å². The molecule has 2 heteroatoms. The van der Waals surface area contributed by atoms with Crippen molar-refractivity contribution in [1.29, 1.82) is 0 Å². The molecule has 2 nitrogen and oxygen atoms in total. The molecule has 0 bridgehead atoms. The Morgan fingerprint density at radius 2 is 0.879 bits per heavy atom. The van der Waals surface area contributed by atoms with Crippen LogP contribution in [0, 0.1) is 0 Å². The maximum atomic E-state index is 6.91. The van der Waals surface area contributed by atoms with Gasteiger partial charge in [-0.1, -0.05) is 170 Å². The third-order valence-corrected chi connectivity index (χ3v) is 12.1. The highest BCUT2D eigenvalue weighted by Gasteiger charge is 2.44. The molecule has 0 spiro atoms. The SMILES string of the molecule is CC1(c2c(-c3ccc(N(c4ccc(-c5ccccc5)cc4)c4cccc(-c5ccccc5)c4)cc3)ccc3c2oc2ccccc23)c2ccccc2-c2ccccc21. The van der Waals surface area contributed by atoms with Gasteiger partial charge in [-0.3, -0.25) is 0 Å². The molecule has 0 unspecified atom stereocenters. The Morgan fingerprint density at radius 3 is 1.53 bits per heavy atom. The Hall–Kier alpha value is -7.42. The van der Waals surface area contributed by atoms with Gasteiger partial charge in [0.2, 0.25) is 0 Å². The summed E-state index contributed by atoms with van der Waals surface area (Å²) in [6.07, 6.45) is 0. The van der Waals surface area contributed by atoms with Crippen LogP contribution >= 0.6 is 0 Å². The minimum atomic E-state index is -0.459. The Balaban J connectivity index is 1.09. The van der Waals surface area contributed by atoms with E-state index in [0.29, 0.717) is 0 Å². The van der Waals surface area contributed by atoms with E-state index in [2.05, 4.69) is 230 Å². The summed E-state index contributed by atoms with van der Waals surface area (Å²) in [5.41, 5.74) is 18.1. The van der Waals surface area contributed by atoms with Crippen LogP contribution in [0.15, 0.2) is 223 Å². The zero-order chi connectivity index (χ0) is 38.6. The van der Waals surface area contributed by atoms with Crippen LogP contribution in [-0.4, -0.2) is 0 Å². The second-order valence-electron chi connectivity index (χ2n) is 15.4. The lowest BCUT2D eigenvalue weighted by atomic mass is 9.71. The van der Waals surface area contributed by atoms with E-state index in [1.807, 2.05) is 0 Å². The third-order valence-electron chi connectivity index (χ3n) is 12.1. The normalized spacial score (nSPS) is 12.7. The molecule has 1 aliphatic carbocycles. The molecule has 58 heavy (non-hydrogen) atoms. The van der Waals surface area contributed by atoms with Crippen molar-refractivity contribution in [2.45, 2.75) is 12.3 Å². The lowest BCUT2D eigenvalue weighted by molar-refractivity contribution is 0.638. The second kappa shape index (κ2) is 13.7. The van der Waals surface area contributed by atoms with E-state index in [-0.39, 0.29) is 0 Å². The first kappa shape index (κ1) is 33.9. The largest absolute Gasteiger partial charge is 0.456 e. The molecule has 11 rings (SSSR count). The van der Waals surface area contributed by atoms with Crippen LogP contribution in [0.5, 0.6) is 0 Å². The van der Waals surface area contributed by atoms with Gasteiger partial charge in [-0.05, 0) is 111 Å². The fourth-order valence-electron chi connectivity index (χ4n) is 9.37. The van der Waals surface area contributed by atoms with Gasteiger partial charge < -0.3 is 9.32 Å². The summed E-state index contributed by atoms with van der Waals surface area (Å²) in [4.78, 5) is 2.36. The predicted molar refractivity (Wildman–Crippen MR) is 242 cm³/mol. The number of nitrogens with zero attached hydrogens (tertiary/aromatic N) is 1. The van der Waals surface area contributed by atoms with Crippen LogP contribution in [0.25, 0.3) is 66.4 Å². The lowest BCUT2D eigenvalue weighted by Gasteiger charge is -2.31. The summed E-state index contributed by atoms with van der Waals surface area (Å²) in [6, 6.07) is 78.8. The molecule has 0 N–H and O–H groups in total. The number of furan rings is 1. The van der Waals surface area contributed by atoms with Crippen molar-refractivity contribution in [3.05, 3.63) is 235 Å². The van der Waals surface area contributed by atoms with Gasteiger partial charge >= 0.3 is 0 Å². The Bertz CT molecular complexity index is 3060. The maximum absolute atomic E-state index is 6.91. The van der Waals surface area contributed by atoms with Gasteiger partial charge in [0, 0.05) is 38.8 Å². The minimum Gasteiger partial charge on any atom is -0.456 e. The first-order valence-electron chi connectivity index (χ1n) is 20.0. The van der Waals surface area contributed by atoms with Gasteiger partial charge in [0.25, 0.3) is 0 Å². The van der Waals surface area contributed by atoms with Crippen LogP contribution < -0.4 is 4.90 Å². The second-order valence-corrected chi connectivity index (χ2v) is 15.4. The summed E-state index contributed by atoms with van der Waals surface area (Å²) in [6.45, 7) is 2.39. The van der Waals surface area contributed by atoms with Gasteiger partial charge in [-0.15, -0.1) is 0 Å². The Kier molecular flexibility index (Phi) is 7.97. The van der Waals surface area contributed by atoms with Gasteiger partial charge in [0.15, 0.2) is 0 Å². The van der Waals surface area contributed by atoms with Crippen molar-refractivity contribution in [3.63, 3.8) is 0 Å². The highest BCUT2D eigenvalue weighted by Crippen LogP contribution is 2.56. The van der Waals surface area contributed by atoms with Gasteiger partial charge in [-0.2, -0.15) is 0 Å². The van der Waals surface area contributed by atoms with E-state index in [9.17, 15) is 0 Å². The van der Waals surface area contributed by atoms with Crippen molar-refractivity contribution in [2.75, 3.05) is 4.90 Å². The average molecular weight is 742 g/mol. The van der Waals surface area contributed by atoms with Crippen molar-refractivity contribution in [3.8, 4) is 44.5 Å². The van der Waals surface area contributed by atoms with Crippen LogP contribution in [-0.2, 0) is 5.41 Å².